The number of hydrogen-bond donors (Lipinski definition) is 2. The molecule has 46 heavy (non-hydrogen) atoms. The second kappa shape index (κ2) is 15.4. The summed E-state index contributed by atoms with van der Waals surface area (Å²) in [4.78, 5) is 28.9. The van der Waals surface area contributed by atoms with Gasteiger partial charge in [0.2, 0.25) is 10.0 Å². The zero-order chi connectivity index (χ0) is 32.5. The Labute approximate surface area is 271 Å². The normalized spacial score (nSPS) is 16.8. The molecule has 0 bridgehead atoms. The monoisotopic (exact) mass is 643 g/mol. The van der Waals surface area contributed by atoms with Gasteiger partial charge in [-0.15, -0.1) is 0 Å². The highest BCUT2D eigenvalue weighted by molar-refractivity contribution is 7.89. The van der Waals surface area contributed by atoms with Crippen molar-refractivity contribution in [2.75, 3.05) is 49.5 Å². The SMILES string of the molecule is N#Cc1ccc(NC(=O)N(CCCN2CCC(Cc3ccc(S(=O)(=O)N4CCC(C(=O)O)CC4)cc3)CC2)c2ccccc2)cc1. The van der Waals surface area contributed by atoms with E-state index in [2.05, 4.69) is 16.3 Å². The van der Waals surface area contributed by atoms with Crippen molar-refractivity contribution in [2.24, 2.45) is 11.8 Å². The molecule has 2 heterocycles. The summed E-state index contributed by atoms with van der Waals surface area (Å²) >= 11 is 0. The van der Waals surface area contributed by atoms with E-state index in [1.165, 1.54) is 4.31 Å². The minimum Gasteiger partial charge on any atom is -0.481 e. The molecule has 2 aliphatic heterocycles. The summed E-state index contributed by atoms with van der Waals surface area (Å²) in [6.45, 7) is 3.87. The Hall–Kier alpha value is -4.24. The first-order valence-electron chi connectivity index (χ1n) is 15.9. The lowest BCUT2D eigenvalue weighted by molar-refractivity contribution is -0.142. The average molecular weight is 644 g/mol. The molecule has 2 aliphatic rings. The van der Waals surface area contributed by atoms with Crippen LogP contribution in [0.2, 0.25) is 0 Å². The molecule has 5 rings (SSSR count). The van der Waals surface area contributed by atoms with Gasteiger partial charge in [-0.25, -0.2) is 13.2 Å². The lowest BCUT2D eigenvalue weighted by atomic mass is 9.90. The van der Waals surface area contributed by atoms with Crippen LogP contribution in [-0.4, -0.2) is 74.0 Å². The summed E-state index contributed by atoms with van der Waals surface area (Å²) in [5.74, 6) is -0.812. The lowest BCUT2D eigenvalue weighted by Crippen LogP contribution is -2.40. The average Bonchev–Trinajstić information content (AvgIpc) is 3.08. The van der Waals surface area contributed by atoms with E-state index < -0.39 is 21.9 Å². The summed E-state index contributed by atoms with van der Waals surface area (Å²) in [5.41, 5.74) is 3.13. The molecule has 2 saturated heterocycles. The van der Waals surface area contributed by atoms with Gasteiger partial charge in [0.05, 0.1) is 22.4 Å². The molecule has 3 aromatic rings. The highest BCUT2D eigenvalue weighted by atomic mass is 32.2. The molecule has 2 fully saturated rings. The Kier molecular flexibility index (Phi) is 11.1. The number of likely N-dealkylation sites (tertiary alicyclic amines) is 1. The third-order valence-electron chi connectivity index (χ3n) is 9.03. The molecule has 2 N–H and O–H groups in total. The van der Waals surface area contributed by atoms with E-state index in [9.17, 15) is 23.1 Å². The van der Waals surface area contributed by atoms with Crippen LogP contribution in [-0.2, 0) is 21.2 Å². The van der Waals surface area contributed by atoms with E-state index in [1.807, 2.05) is 42.5 Å². The van der Waals surface area contributed by atoms with Crippen molar-refractivity contribution in [3.8, 4) is 6.07 Å². The molecule has 0 aliphatic carbocycles. The number of para-hydroxylation sites is 1. The summed E-state index contributed by atoms with van der Waals surface area (Å²) in [6, 6.07) is 25.5. The fourth-order valence-corrected chi connectivity index (χ4v) is 7.73. The van der Waals surface area contributed by atoms with E-state index >= 15 is 0 Å². The zero-order valence-corrected chi connectivity index (χ0v) is 26.7. The van der Waals surface area contributed by atoms with Gasteiger partial charge >= 0.3 is 12.0 Å². The Balaban J connectivity index is 1.08. The maximum absolute atomic E-state index is 13.2. The fourth-order valence-electron chi connectivity index (χ4n) is 6.26. The number of piperidine rings is 2. The first kappa shape index (κ1) is 33.1. The van der Waals surface area contributed by atoms with Crippen molar-refractivity contribution in [2.45, 2.75) is 43.4 Å². The van der Waals surface area contributed by atoms with Crippen LogP contribution in [0.25, 0.3) is 0 Å². The van der Waals surface area contributed by atoms with Crippen molar-refractivity contribution in [3.63, 3.8) is 0 Å². The molecule has 0 aromatic heterocycles. The topological polar surface area (TPSA) is 134 Å². The highest BCUT2D eigenvalue weighted by Gasteiger charge is 2.32. The number of benzene rings is 3. The number of hydrogen-bond acceptors (Lipinski definition) is 6. The number of aliphatic carboxylic acids is 1. The number of carboxylic acid groups (broad SMARTS) is 1. The molecule has 0 radical (unpaired) electrons. The van der Waals surface area contributed by atoms with Crippen LogP contribution >= 0.6 is 0 Å². The molecule has 0 saturated carbocycles. The fraction of sp³-hybridized carbons (Fsp3) is 0.400. The minimum absolute atomic E-state index is 0.212. The maximum Gasteiger partial charge on any atom is 0.326 e. The van der Waals surface area contributed by atoms with Crippen LogP contribution in [0.15, 0.2) is 83.8 Å². The van der Waals surface area contributed by atoms with Crippen LogP contribution in [0, 0.1) is 23.2 Å². The minimum atomic E-state index is -3.63. The number of sulfonamides is 1. The standard InChI is InChI=1S/C35H41N5O5S/c36-26-29-7-11-31(12-8-29)37-35(43)40(32-5-2-1-3-6-32)20-4-19-38-21-15-28(16-22-38)25-27-9-13-33(14-10-27)46(44,45)39-23-17-30(18-24-39)34(41)42/h1-3,5-14,28,30H,4,15-25H2,(H,37,43)(H,41,42). The molecule has 11 heteroatoms. The van der Waals surface area contributed by atoms with Gasteiger partial charge in [0, 0.05) is 31.0 Å². The summed E-state index contributed by atoms with van der Waals surface area (Å²) < 4.78 is 27.6. The van der Waals surface area contributed by atoms with E-state index in [0.717, 1.165) is 56.6 Å². The van der Waals surface area contributed by atoms with E-state index in [0.29, 0.717) is 36.6 Å². The van der Waals surface area contributed by atoms with Crippen LogP contribution in [0.4, 0.5) is 16.2 Å². The molecular formula is C35H41N5O5S. The number of carbonyl (C=O) groups is 2. The molecule has 0 atom stereocenters. The Morgan fingerprint density at radius 3 is 2.15 bits per heavy atom. The van der Waals surface area contributed by atoms with Gasteiger partial charge in [0.25, 0.3) is 0 Å². The Morgan fingerprint density at radius 2 is 1.54 bits per heavy atom. The van der Waals surface area contributed by atoms with Gasteiger partial charge in [-0.05, 0) is 118 Å². The quantitative estimate of drug-likeness (QED) is 0.285. The number of carboxylic acids is 1. The van der Waals surface area contributed by atoms with Crippen molar-refractivity contribution in [3.05, 3.63) is 90.0 Å². The number of nitrogens with zero attached hydrogens (tertiary/aromatic N) is 4. The number of nitrogens with one attached hydrogen (secondary N) is 1. The third-order valence-corrected chi connectivity index (χ3v) is 10.9. The predicted molar refractivity (Wildman–Crippen MR) is 177 cm³/mol. The predicted octanol–water partition coefficient (Wildman–Crippen LogP) is 5.43. The highest BCUT2D eigenvalue weighted by Crippen LogP contribution is 2.26. The van der Waals surface area contributed by atoms with Crippen LogP contribution in [0.5, 0.6) is 0 Å². The van der Waals surface area contributed by atoms with Crippen molar-refractivity contribution in [1.29, 1.82) is 5.26 Å². The lowest BCUT2D eigenvalue weighted by Gasteiger charge is -2.33. The number of rotatable bonds is 11. The van der Waals surface area contributed by atoms with Crippen LogP contribution in [0.3, 0.4) is 0 Å². The van der Waals surface area contributed by atoms with E-state index in [4.69, 9.17) is 5.26 Å². The molecule has 242 valence electrons. The van der Waals surface area contributed by atoms with Gasteiger partial charge in [0.1, 0.15) is 0 Å². The van der Waals surface area contributed by atoms with Gasteiger partial charge in [-0.3, -0.25) is 9.69 Å². The smallest absolute Gasteiger partial charge is 0.326 e. The molecular weight excluding hydrogens is 602 g/mol. The largest absolute Gasteiger partial charge is 0.481 e. The van der Waals surface area contributed by atoms with E-state index in [-0.39, 0.29) is 24.0 Å². The molecule has 3 aromatic carbocycles. The molecule has 10 nitrogen and oxygen atoms in total. The molecule has 2 amide bonds. The third kappa shape index (κ3) is 8.51. The van der Waals surface area contributed by atoms with Crippen molar-refractivity contribution in [1.82, 2.24) is 9.21 Å². The Bertz CT molecular complexity index is 1610. The first-order chi connectivity index (χ1) is 22.2. The summed E-state index contributed by atoms with van der Waals surface area (Å²) in [7, 11) is -3.63. The zero-order valence-electron chi connectivity index (χ0n) is 25.9. The van der Waals surface area contributed by atoms with Gasteiger partial charge in [-0.1, -0.05) is 30.3 Å². The van der Waals surface area contributed by atoms with Gasteiger partial charge in [-0.2, -0.15) is 9.57 Å². The van der Waals surface area contributed by atoms with Crippen molar-refractivity contribution < 1.29 is 23.1 Å². The molecule has 0 unspecified atom stereocenters. The molecule has 0 spiro atoms. The van der Waals surface area contributed by atoms with Gasteiger partial charge in [0.15, 0.2) is 0 Å². The first-order valence-corrected chi connectivity index (χ1v) is 17.3. The second-order valence-electron chi connectivity index (χ2n) is 12.1. The van der Waals surface area contributed by atoms with Gasteiger partial charge < -0.3 is 15.3 Å². The van der Waals surface area contributed by atoms with Crippen LogP contribution < -0.4 is 10.2 Å². The Morgan fingerprint density at radius 1 is 0.891 bits per heavy atom. The second-order valence-corrected chi connectivity index (χ2v) is 14.0. The number of anilines is 2. The summed E-state index contributed by atoms with van der Waals surface area (Å²) in [6.07, 6.45) is 4.51. The van der Waals surface area contributed by atoms with Crippen LogP contribution in [0.1, 0.15) is 43.2 Å². The number of urea groups is 1. The maximum atomic E-state index is 13.2. The number of carbonyl (C=O) groups excluding carboxylic acids is 1. The van der Waals surface area contributed by atoms with E-state index in [1.54, 1.807) is 41.3 Å². The van der Waals surface area contributed by atoms with Crippen molar-refractivity contribution >= 4 is 33.4 Å². The summed E-state index contributed by atoms with van der Waals surface area (Å²) in [5, 5.41) is 21.2. The number of amides is 2. The number of nitriles is 1.